The third-order valence-electron chi connectivity index (χ3n) is 2.66. The molecule has 0 aliphatic carbocycles. The van der Waals surface area contributed by atoms with Crippen LogP contribution in [0.25, 0.3) is 0 Å². The molecule has 2 atom stereocenters. The largest absolute Gasteiger partial charge is 0.378 e. The van der Waals surface area contributed by atoms with Crippen LogP contribution in [0.4, 0.5) is 0 Å². The van der Waals surface area contributed by atoms with E-state index in [2.05, 4.69) is 18.3 Å². The molecule has 0 aromatic carbocycles. The number of hydrogen-bond donors (Lipinski definition) is 1. The molecule has 0 aliphatic heterocycles. The van der Waals surface area contributed by atoms with Crippen LogP contribution in [0.1, 0.15) is 53.4 Å². The lowest BCUT2D eigenvalue weighted by Crippen LogP contribution is -2.43. The van der Waals surface area contributed by atoms with Crippen molar-refractivity contribution in [3.63, 3.8) is 0 Å². The minimum Gasteiger partial charge on any atom is -0.378 e. The monoisotopic (exact) mass is 226 g/mol. The minimum absolute atomic E-state index is 0.139. The maximum Gasteiger partial charge on any atom is 0.106 e. The summed E-state index contributed by atoms with van der Waals surface area (Å²) in [5.41, 5.74) is -0.459. The van der Waals surface area contributed by atoms with E-state index in [1.54, 1.807) is 0 Å². The molecule has 1 N–H and O–H groups in total. The molecule has 0 spiro atoms. The van der Waals surface area contributed by atoms with Crippen LogP contribution in [-0.4, -0.2) is 24.8 Å². The Kier molecular flexibility index (Phi) is 8.23. The van der Waals surface area contributed by atoms with Crippen molar-refractivity contribution < 1.29 is 4.74 Å². The molecule has 0 radical (unpaired) electrons. The highest BCUT2D eigenvalue weighted by Gasteiger charge is 2.25. The molecule has 0 aromatic rings. The van der Waals surface area contributed by atoms with Crippen molar-refractivity contribution in [2.45, 2.75) is 65.0 Å². The highest BCUT2D eigenvalue weighted by molar-refractivity contribution is 5.04. The molecule has 16 heavy (non-hydrogen) atoms. The Morgan fingerprint density at radius 3 is 2.56 bits per heavy atom. The van der Waals surface area contributed by atoms with Gasteiger partial charge in [0.2, 0.25) is 0 Å². The summed E-state index contributed by atoms with van der Waals surface area (Å²) >= 11 is 0. The van der Waals surface area contributed by atoms with Crippen LogP contribution in [0, 0.1) is 11.3 Å². The molecule has 0 aliphatic rings. The first-order valence-corrected chi connectivity index (χ1v) is 6.35. The predicted molar refractivity (Wildman–Crippen MR) is 67.3 cm³/mol. The summed E-state index contributed by atoms with van der Waals surface area (Å²) in [6.45, 7) is 9.79. The number of nitrogens with one attached hydrogen (secondary N) is 1. The Balaban J connectivity index is 3.83. The van der Waals surface area contributed by atoms with E-state index in [4.69, 9.17) is 10.00 Å². The van der Waals surface area contributed by atoms with Crippen LogP contribution in [0.3, 0.4) is 0 Å². The van der Waals surface area contributed by atoms with Gasteiger partial charge in [0.05, 0.1) is 12.2 Å². The van der Waals surface area contributed by atoms with Gasteiger partial charge in [-0.2, -0.15) is 5.26 Å². The summed E-state index contributed by atoms with van der Waals surface area (Å²) < 4.78 is 5.70. The quantitative estimate of drug-likeness (QED) is 0.615. The van der Waals surface area contributed by atoms with Crippen LogP contribution < -0.4 is 5.32 Å². The predicted octanol–water partition coefficient (Wildman–Crippen LogP) is 2.86. The first-order chi connectivity index (χ1) is 7.58. The van der Waals surface area contributed by atoms with E-state index in [0.717, 1.165) is 26.0 Å². The molecule has 94 valence electrons. The molecular weight excluding hydrogens is 200 g/mol. The fraction of sp³-hybridized carbons (Fsp3) is 0.923. The summed E-state index contributed by atoms with van der Waals surface area (Å²) in [5.74, 6) is 0. The van der Waals surface area contributed by atoms with Crippen molar-refractivity contribution in [2.75, 3.05) is 13.2 Å². The van der Waals surface area contributed by atoms with E-state index in [-0.39, 0.29) is 6.10 Å². The molecule has 3 nitrogen and oxygen atoms in total. The van der Waals surface area contributed by atoms with Crippen LogP contribution in [0.2, 0.25) is 0 Å². The Morgan fingerprint density at radius 2 is 2.06 bits per heavy atom. The van der Waals surface area contributed by atoms with Gasteiger partial charge >= 0.3 is 0 Å². The van der Waals surface area contributed by atoms with E-state index in [0.29, 0.717) is 0 Å². The number of ether oxygens (including phenoxy) is 1. The van der Waals surface area contributed by atoms with Crippen LogP contribution in [-0.2, 0) is 4.74 Å². The lowest BCUT2D eigenvalue weighted by Gasteiger charge is -2.26. The van der Waals surface area contributed by atoms with Gasteiger partial charge in [-0.3, -0.25) is 5.32 Å². The van der Waals surface area contributed by atoms with E-state index in [1.165, 1.54) is 12.8 Å². The topological polar surface area (TPSA) is 45.0 Å². The van der Waals surface area contributed by atoms with Crippen LogP contribution >= 0.6 is 0 Å². The Bertz CT molecular complexity index is 212. The van der Waals surface area contributed by atoms with Crippen molar-refractivity contribution in [3.8, 4) is 6.07 Å². The summed E-state index contributed by atoms with van der Waals surface area (Å²) in [4.78, 5) is 0. The molecule has 0 rings (SSSR count). The van der Waals surface area contributed by atoms with Gasteiger partial charge in [0.15, 0.2) is 0 Å². The average Bonchev–Trinajstić information content (AvgIpc) is 2.25. The lowest BCUT2D eigenvalue weighted by atomic mass is 9.96. The van der Waals surface area contributed by atoms with Crippen molar-refractivity contribution in [2.24, 2.45) is 0 Å². The number of nitrogens with zero attached hydrogens (tertiary/aromatic N) is 1. The zero-order chi connectivity index (χ0) is 12.4. The van der Waals surface area contributed by atoms with E-state index in [1.807, 2.05) is 20.8 Å². The molecule has 3 heteroatoms. The van der Waals surface area contributed by atoms with E-state index in [9.17, 15) is 0 Å². The second-order valence-corrected chi connectivity index (χ2v) is 4.57. The lowest BCUT2D eigenvalue weighted by molar-refractivity contribution is 0.0455. The molecule has 0 fully saturated rings. The molecule has 0 amide bonds. The van der Waals surface area contributed by atoms with E-state index >= 15 is 0 Å². The van der Waals surface area contributed by atoms with Crippen LogP contribution in [0.15, 0.2) is 0 Å². The highest BCUT2D eigenvalue weighted by Crippen LogP contribution is 2.14. The van der Waals surface area contributed by atoms with E-state index < -0.39 is 5.54 Å². The van der Waals surface area contributed by atoms with Crippen molar-refractivity contribution in [1.82, 2.24) is 5.32 Å². The van der Waals surface area contributed by atoms with Gasteiger partial charge in [-0.05, 0) is 26.8 Å². The fourth-order valence-electron chi connectivity index (χ4n) is 1.82. The number of nitriles is 1. The maximum absolute atomic E-state index is 9.11. The van der Waals surface area contributed by atoms with Gasteiger partial charge in [0.25, 0.3) is 0 Å². The average molecular weight is 226 g/mol. The van der Waals surface area contributed by atoms with Gasteiger partial charge in [0, 0.05) is 13.0 Å². The molecule has 0 saturated heterocycles. The molecule has 0 bridgehead atoms. The second kappa shape index (κ2) is 8.55. The molecule has 2 unspecified atom stereocenters. The van der Waals surface area contributed by atoms with Crippen molar-refractivity contribution in [1.29, 1.82) is 5.26 Å². The standard InChI is InChI=1S/C13H26N2O/c1-5-7-8-9-16-12(3)10-13(4,11-14)15-6-2/h12,15H,5-10H2,1-4H3. The van der Waals surface area contributed by atoms with Crippen molar-refractivity contribution in [3.05, 3.63) is 0 Å². The normalized spacial score (nSPS) is 16.4. The van der Waals surface area contributed by atoms with Crippen LogP contribution in [0.5, 0.6) is 0 Å². The van der Waals surface area contributed by atoms with Gasteiger partial charge < -0.3 is 4.74 Å². The molecular formula is C13H26N2O. The SMILES string of the molecule is CCCCCOC(C)CC(C)(C#N)NCC. The molecule has 0 saturated carbocycles. The van der Waals surface area contributed by atoms with Gasteiger partial charge in [0.1, 0.15) is 5.54 Å². The first kappa shape index (κ1) is 15.4. The molecule has 0 aromatic heterocycles. The summed E-state index contributed by atoms with van der Waals surface area (Å²) in [6, 6.07) is 2.32. The van der Waals surface area contributed by atoms with Gasteiger partial charge in [-0.1, -0.05) is 26.7 Å². The first-order valence-electron chi connectivity index (χ1n) is 6.35. The third-order valence-corrected chi connectivity index (χ3v) is 2.66. The number of unbranched alkanes of at least 4 members (excludes halogenated alkanes) is 2. The van der Waals surface area contributed by atoms with Crippen molar-refractivity contribution >= 4 is 0 Å². The zero-order valence-electron chi connectivity index (χ0n) is 11.2. The van der Waals surface area contributed by atoms with Gasteiger partial charge in [-0.25, -0.2) is 0 Å². The second-order valence-electron chi connectivity index (χ2n) is 4.57. The zero-order valence-corrected chi connectivity index (χ0v) is 11.2. The number of hydrogen-bond acceptors (Lipinski definition) is 3. The smallest absolute Gasteiger partial charge is 0.106 e. The third kappa shape index (κ3) is 6.81. The Labute approximate surface area is 100 Å². The minimum atomic E-state index is -0.459. The summed E-state index contributed by atoms with van der Waals surface area (Å²) in [5, 5.41) is 12.3. The maximum atomic E-state index is 9.11. The molecule has 0 heterocycles. The van der Waals surface area contributed by atoms with Gasteiger partial charge in [-0.15, -0.1) is 0 Å². The summed E-state index contributed by atoms with van der Waals surface area (Å²) in [6.07, 6.45) is 4.43. The number of rotatable bonds is 9. The Hall–Kier alpha value is -0.590. The fourth-order valence-corrected chi connectivity index (χ4v) is 1.82. The summed E-state index contributed by atoms with van der Waals surface area (Å²) in [7, 11) is 0. The Morgan fingerprint density at radius 1 is 1.38 bits per heavy atom. The highest BCUT2D eigenvalue weighted by atomic mass is 16.5.